The molecule has 1 saturated carbocycles. The molecule has 0 aromatic heterocycles. The van der Waals surface area contributed by atoms with Gasteiger partial charge in [-0.05, 0) is 61.9 Å². The van der Waals surface area contributed by atoms with Crippen LogP contribution in [0.25, 0.3) is 0 Å². The second-order valence-electron chi connectivity index (χ2n) is 8.71. The first-order chi connectivity index (χ1) is 13.9. The van der Waals surface area contributed by atoms with E-state index in [0.29, 0.717) is 30.5 Å². The standard InChI is InChI=1S/C22H29N3O4/c1-13(2)11-23-17-4-3-5-19(17)29-15-6-7-16-14(10-15)12-25(22(16)28)18-8-9-20(26)24-21(18)27/h6-7,10,13,17-19,23H,3-5,8-9,11-12H2,1-2H3,(H,24,26,27)/t17-,18?,19+/m1/s1. The van der Waals surface area contributed by atoms with Gasteiger partial charge in [0.2, 0.25) is 11.8 Å². The van der Waals surface area contributed by atoms with Crippen molar-refractivity contribution in [1.82, 2.24) is 15.5 Å². The molecule has 3 aliphatic rings. The smallest absolute Gasteiger partial charge is 0.255 e. The Balaban J connectivity index is 1.43. The van der Waals surface area contributed by atoms with Gasteiger partial charge in [-0.1, -0.05) is 13.8 Å². The Bertz CT molecular complexity index is 822. The summed E-state index contributed by atoms with van der Waals surface area (Å²) in [5.74, 6) is 0.552. The van der Waals surface area contributed by atoms with Gasteiger partial charge in [0.05, 0.1) is 0 Å². The van der Waals surface area contributed by atoms with E-state index in [2.05, 4.69) is 24.5 Å². The van der Waals surface area contributed by atoms with E-state index < -0.39 is 6.04 Å². The number of hydrogen-bond donors (Lipinski definition) is 2. The molecular weight excluding hydrogens is 370 g/mol. The molecule has 0 bridgehead atoms. The number of rotatable bonds is 6. The van der Waals surface area contributed by atoms with Crippen LogP contribution in [0.4, 0.5) is 0 Å². The predicted molar refractivity (Wildman–Crippen MR) is 107 cm³/mol. The minimum Gasteiger partial charge on any atom is -0.489 e. The molecule has 29 heavy (non-hydrogen) atoms. The molecule has 1 saturated heterocycles. The average Bonchev–Trinajstić information content (AvgIpc) is 3.24. The number of ether oxygens (including phenoxy) is 1. The molecule has 2 aliphatic heterocycles. The Kier molecular flexibility index (Phi) is 5.58. The molecule has 7 nitrogen and oxygen atoms in total. The second-order valence-corrected chi connectivity index (χ2v) is 8.71. The molecule has 7 heteroatoms. The van der Waals surface area contributed by atoms with Crippen LogP contribution in [0.3, 0.4) is 0 Å². The number of nitrogens with zero attached hydrogens (tertiary/aromatic N) is 1. The second kappa shape index (κ2) is 8.14. The first-order valence-corrected chi connectivity index (χ1v) is 10.6. The zero-order valence-electron chi connectivity index (χ0n) is 17.1. The van der Waals surface area contributed by atoms with Crippen LogP contribution in [-0.2, 0) is 16.1 Å². The van der Waals surface area contributed by atoms with Crippen molar-refractivity contribution in [3.8, 4) is 5.75 Å². The van der Waals surface area contributed by atoms with Crippen molar-refractivity contribution in [2.45, 2.75) is 70.7 Å². The summed E-state index contributed by atoms with van der Waals surface area (Å²) in [6, 6.07) is 5.34. The lowest BCUT2D eigenvalue weighted by atomic mass is 10.0. The fourth-order valence-electron chi connectivity index (χ4n) is 4.49. The fraction of sp³-hybridized carbons (Fsp3) is 0.591. The third kappa shape index (κ3) is 4.15. The highest BCUT2D eigenvalue weighted by atomic mass is 16.5. The third-order valence-electron chi connectivity index (χ3n) is 6.02. The molecule has 0 spiro atoms. The molecule has 1 unspecified atom stereocenters. The summed E-state index contributed by atoms with van der Waals surface area (Å²) in [7, 11) is 0. The number of piperidine rings is 1. The van der Waals surface area contributed by atoms with Crippen LogP contribution in [0.2, 0.25) is 0 Å². The van der Waals surface area contributed by atoms with Gasteiger partial charge in [0.1, 0.15) is 17.9 Å². The lowest BCUT2D eigenvalue weighted by Crippen LogP contribution is -2.52. The van der Waals surface area contributed by atoms with E-state index in [-0.39, 0.29) is 30.2 Å². The largest absolute Gasteiger partial charge is 0.489 e. The molecule has 1 aromatic rings. The van der Waals surface area contributed by atoms with E-state index in [1.165, 1.54) is 0 Å². The van der Waals surface area contributed by atoms with E-state index in [0.717, 1.165) is 37.1 Å². The molecule has 2 N–H and O–H groups in total. The summed E-state index contributed by atoms with van der Waals surface area (Å²) in [4.78, 5) is 37.9. The Morgan fingerprint density at radius 2 is 2.03 bits per heavy atom. The number of imide groups is 1. The summed E-state index contributed by atoms with van der Waals surface area (Å²) in [6.45, 7) is 5.74. The molecule has 2 fully saturated rings. The molecule has 1 aromatic carbocycles. The Hall–Kier alpha value is -2.41. The zero-order valence-corrected chi connectivity index (χ0v) is 17.1. The predicted octanol–water partition coefficient (Wildman–Crippen LogP) is 1.99. The minimum atomic E-state index is -0.587. The maximum Gasteiger partial charge on any atom is 0.255 e. The number of nitrogens with one attached hydrogen (secondary N) is 2. The highest BCUT2D eigenvalue weighted by Gasteiger charge is 2.39. The van der Waals surface area contributed by atoms with E-state index >= 15 is 0 Å². The third-order valence-corrected chi connectivity index (χ3v) is 6.02. The van der Waals surface area contributed by atoms with Gasteiger partial charge >= 0.3 is 0 Å². The number of fused-ring (bicyclic) bond motifs is 1. The normalized spacial score (nSPS) is 26.8. The molecule has 1 aliphatic carbocycles. The number of carbonyl (C=O) groups excluding carboxylic acids is 3. The SMILES string of the molecule is CC(C)CN[C@@H]1CCC[C@@H]1Oc1ccc2c(c1)CN(C1CCC(=O)NC1=O)C2=O. The highest BCUT2D eigenvalue weighted by Crippen LogP contribution is 2.32. The lowest BCUT2D eigenvalue weighted by molar-refractivity contribution is -0.136. The van der Waals surface area contributed by atoms with E-state index in [4.69, 9.17) is 4.74 Å². The summed E-state index contributed by atoms with van der Waals surface area (Å²) >= 11 is 0. The van der Waals surface area contributed by atoms with E-state index in [1.54, 1.807) is 11.0 Å². The van der Waals surface area contributed by atoms with Crippen LogP contribution < -0.4 is 15.4 Å². The fourth-order valence-corrected chi connectivity index (χ4v) is 4.49. The van der Waals surface area contributed by atoms with Gasteiger partial charge in [-0.2, -0.15) is 0 Å². The number of benzene rings is 1. The molecule has 0 radical (unpaired) electrons. The van der Waals surface area contributed by atoms with Crippen LogP contribution in [-0.4, -0.2) is 47.4 Å². The van der Waals surface area contributed by atoms with Gasteiger partial charge in [0, 0.05) is 24.6 Å². The first-order valence-electron chi connectivity index (χ1n) is 10.6. The molecule has 3 atom stereocenters. The van der Waals surface area contributed by atoms with Gasteiger partial charge in [-0.25, -0.2) is 0 Å². The minimum absolute atomic E-state index is 0.134. The average molecular weight is 399 g/mol. The summed E-state index contributed by atoms with van der Waals surface area (Å²) in [6.07, 6.45) is 4.05. The van der Waals surface area contributed by atoms with Crippen LogP contribution in [0.5, 0.6) is 5.75 Å². The van der Waals surface area contributed by atoms with Gasteiger partial charge in [-0.3, -0.25) is 19.7 Å². The van der Waals surface area contributed by atoms with Crippen molar-refractivity contribution in [2.24, 2.45) is 5.92 Å². The van der Waals surface area contributed by atoms with E-state index in [9.17, 15) is 14.4 Å². The van der Waals surface area contributed by atoms with Crippen molar-refractivity contribution < 1.29 is 19.1 Å². The molecule has 4 rings (SSSR count). The van der Waals surface area contributed by atoms with Crippen molar-refractivity contribution in [3.05, 3.63) is 29.3 Å². The maximum atomic E-state index is 12.8. The van der Waals surface area contributed by atoms with Gasteiger partial charge in [0.25, 0.3) is 5.91 Å². The van der Waals surface area contributed by atoms with Crippen molar-refractivity contribution in [2.75, 3.05) is 6.54 Å². The van der Waals surface area contributed by atoms with E-state index in [1.807, 2.05) is 12.1 Å². The topological polar surface area (TPSA) is 87.7 Å². The van der Waals surface area contributed by atoms with Crippen LogP contribution in [0.15, 0.2) is 18.2 Å². The quantitative estimate of drug-likeness (QED) is 0.715. The molecule has 3 amide bonds. The first kappa shape index (κ1) is 19.9. The highest BCUT2D eigenvalue weighted by molar-refractivity contribution is 6.05. The number of carbonyl (C=O) groups is 3. The Morgan fingerprint density at radius 3 is 2.79 bits per heavy atom. The molecule has 156 valence electrons. The number of amides is 3. The monoisotopic (exact) mass is 399 g/mol. The van der Waals surface area contributed by atoms with Crippen molar-refractivity contribution in [3.63, 3.8) is 0 Å². The summed E-state index contributed by atoms with van der Waals surface area (Å²) in [5.41, 5.74) is 1.49. The summed E-state index contributed by atoms with van der Waals surface area (Å²) in [5, 5.41) is 5.94. The van der Waals surface area contributed by atoms with Crippen LogP contribution in [0.1, 0.15) is 61.9 Å². The summed E-state index contributed by atoms with van der Waals surface area (Å²) < 4.78 is 6.28. The molecule has 2 heterocycles. The number of hydrogen-bond acceptors (Lipinski definition) is 5. The molecular formula is C22H29N3O4. The Labute approximate surface area is 171 Å². The van der Waals surface area contributed by atoms with Gasteiger partial charge in [0.15, 0.2) is 0 Å². The lowest BCUT2D eigenvalue weighted by Gasteiger charge is -2.29. The van der Waals surface area contributed by atoms with Crippen molar-refractivity contribution in [1.29, 1.82) is 0 Å². The zero-order chi connectivity index (χ0) is 20.5. The van der Waals surface area contributed by atoms with Gasteiger partial charge < -0.3 is 15.0 Å². The Morgan fingerprint density at radius 1 is 1.21 bits per heavy atom. The maximum absolute atomic E-state index is 12.8. The van der Waals surface area contributed by atoms with Gasteiger partial charge in [-0.15, -0.1) is 0 Å². The van der Waals surface area contributed by atoms with Crippen LogP contribution >= 0.6 is 0 Å². The van der Waals surface area contributed by atoms with Crippen LogP contribution in [0, 0.1) is 5.92 Å². The van der Waals surface area contributed by atoms with Crippen molar-refractivity contribution >= 4 is 17.7 Å².